The Hall–Kier alpha value is -1.69. The fourth-order valence-corrected chi connectivity index (χ4v) is 1.78. The van der Waals surface area contributed by atoms with Gasteiger partial charge in [-0.05, 0) is 33.6 Å². The van der Waals surface area contributed by atoms with E-state index in [0.29, 0.717) is 5.56 Å². The van der Waals surface area contributed by atoms with Crippen molar-refractivity contribution in [1.29, 1.82) is 0 Å². The Morgan fingerprint density at radius 3 is 2.82 bits per heavy atom. The average Bonchev–Trinajstić information content (AvgIpc) is 2.30. The van der Waals surface area contributed by atoms with Gasteiger partial charge in [0.1, 0.15) is 5.82 Å². The van der Waals surface area contributed by atoms with E-state index in [-0.39, 0.29) is 11.0 Å². The minimum Gasteiger partial charge on any atom is -0.313 e. The maximum atomic E-state index is 13.0. The standard InChI is InChI=1S/C11H8BrFN2O2/c12-9-5-14-11(17)15(10(9)16)6-7-2-1-3-8(13)4-7/h1-5H,6H2,(H,14,17). The number of hydrogen-bond acceptors (Lipinski definition) is 2. The second kappa shape index (κ2) is 4.67. The van der Waals surface area contributed by atoms with Gasteiger partial charge in [-0.25, -0.2) is 9.18 Å². The lowest BCUT2D eigenvalue weighted by atomic mass is 10.2. The zero-order valence-electron chi connectivity index (χ0n) is 8.61. The predicted molar refractivity (Wildman–Crippen MR) is 64.5 cm³/mol. The van der Waals surface area contributed by atoms with Gasteiger partial charge in [0, 0.05) is 6.20 Å². The summed E-state index contributed by atoms with van der Waals surface area (Å²) in [5, 5.41) is 0. The Balaban J connectivity index is 2.47. The number of rotatable bonds is 2. The number of aromatic nitrogens is 2. The van der Waals surface area contributed by atoms with Gasteiger partial charge in [-0.2, -0.15) is 0 Å². The molecule has 0 aliphatic rings. The molecule has 1 aromatic carbocycles. The normalized spacial score (nSPS) is 10.5. The third kappa shape index (κ3) is 2.52. The summed E-state index contributed by atoms with van der Waals surface area (Å²) >= 11 is 3.03. The third-order valence-electron chi connectivity index (χ3n) is 2.25. The topological polar surface area (TPSA) is 54.9 Å². The molecular weight excluding hydrogens is 291 g/mol. The molecule has 0 fully saturated rings. The summed E-state index contributed by atoms with van der Waals surface area (Å²) in [4.78, 5) is 25.6. The Kier molecular flexibility index (Phi) is 3.23. The molecule has 0 amide bonds. The lowest BCUT2D eigenvalue weighted by molar-refractivity contribution is 0.620. The van der Waals surface area contributed by atoms with E-state index in [4.69, 9.17) is 0 Å². The highest BCUT2D eigenvalue weighted by Gasteiger charge is 2.06. The lowest BCUT2D eigenvalue weighted by Gasteiger charge is -2.04. The second-order valence-electron chi connectivity index (χ2n) is 3.46. The van der Waals surface area contributed by atoms with Crippen molar-refractivity contribution in [2.45, 2.75) is 6.54 Å². The molecule has 2 rings (SSSR count). The van der Waals surface area contributed by atoms with Gasteiger partial charge in [0.05, 0.1) is 11.0 Å². The summed E-state index contributed by atoms with van der Waals surface area (Å²) < 4.78 is 14.2. The Morgan fingerprint density at radius 2 is 2.12 bits per heavy atom. The molecule has 0 aliphatic carbocycles. The Bertz CT molecular complexity index is 663. The molecule has 0 atom stereocenters. The molecular formula is C11H8BrFN2O2. The fourth-order valence-electron chi connectivity index (χ4n) is 1.45. The van der Waals surface area contributed by atoms with E-state index in [0.717, 1.165) is 4.57 Å². The van der Waals surface area contributed by atoms with Gasteiger partial charge in [-0.15, -0.1) is 0 Å². The van der Waals surface area contributed by atoms with Crippen molar-refractivity contribution in [3.63, 3.8) is 0 Å². The minimum absolute atomic E-state index is 0.0331. The monoisotopic (exact) mass is 298 g/mol. The molecule has 1 heterocycles. The van der Waals surface area contributed by atoms with Crippen LogP contribution in [0.5, 0.6) is 0 Å². The van der Waals surface area contributed by atoms with E-state index in [1.165, 1.54) is 24.4 Å². The largest absolute Gasteiger partial charge is 0.328 e. The maximum Gasteiger partial charge on any atom is 0.328 e. The van der Waals surface area contributed by atoms with Gasteiger partial charge < -0.3 is 4.98 Å². The van der Waals surface area contributed by atoms with E-state index >= 15 is 0 Å². The first-order valence-corrected chi connectivity index (χ1v) is 5.59. The number of hydrogen-bond donors (Lipinski definition) is 1. The SMILES string of the molecule is O=c1[nH]cc(Br)c(=O)n1Cc1cccc(F)c1. The van der Waals surface area contributed by atoms with Crippen molar-refractivity contribution in [3.8, 4) is 0 Å². The molecule has 0 saturated heterocycles. The van der Waals surface area contributed by atoms with Crippen molar-refractivity contribution < 1.29 is 4.39 Å². The van der Waals surface area contributed by atoms with Crippen LogP contribution in [0.4, 0.5) is 4.39 Å². The summed E-state index contributed by atoms with van der Waals surface area (Å²) in [5.74, 6) is -0.401. The molecule has 6 heteroatoms. The van der Waals surface area contributed by atoms with Gasteiger partial charge in [0.2, 0.25) is 0 Å². The van der Waals surface area contributed by atoms with Crippen molar-refractivity contribution in [2.75, 3.05) is 0 Å². The smallest absolute Gasteiger partial charge is 0.313 e. The van der Waals surface area contributed by atoms with Crippen LogP contribution in [0.15, 0.2) is 44.5 Å². The summed E-state index contributed by atoms with van der Waals surface area (Å²) in [6.07, 6.45) is 1.28. The highest BCUT2D eigenvalue weighted by atomic mass is 79.9. The van der Waals surface area contributed by atoms with E-state index < -0.39 is 17.1 Å². The molecule has 0 spiro atoms. The highest BCUT2D eigenvalue weighted by molar-refractivity contribution is 9.10. The molecule has 17 heavy (non-hydrogen) atoms. The van der Waals surface area contributed by atoms with Crippen LogP contribution in [-0.2, 0) is 6.54 Å². The first-order valence-electron chi connectivity index (χ1n) is 4.80. The van der Waals surface area contributed by atoms with Crippen LogP contribution < -0.4 is 11.2 Å². The molecule has 0 saturated carbocycles. The molecule has 2 aromatic rings. The molecule has 0 bridgehead atoms. The summed E-state index contributed by atoms with van der Waals surface area (Å²) in [7, 11) is 0. The quantitative estimate of drug-likeness (QED) is 0.913. The number of H-pyrrole nitrogens is 1. The third-order valence-corrected chi connectivity index (χ3v) is 2.81. The van der Waals surface area contributed by atoms with Crippen LogP contribution in [0.1, 0.15) is 5.56 Å². The number of nitrogens with zero attached hydrogens (tertiary/aromatic N) is 1. The Labute approximate surface area is 104 Å². The van der Waals surface area contributed by atoms with Gasteiger partial charge in [0.25, 0.3) is 5.56 Å². The van der Waals surface area contributed by atoms with Crippen molar-refractivity contribution in [2.24, 2.45) is 0 Å². The zero-order chi connectivity index (χ0) is 12.4. The number of benzene rings is 1. The Morgan fingerprint density at radius 1 is 1.35 bits per heavy atom. The summed E-state index contributed by atoms with van der Waals surface area (Å²) in [6.45, 7) is 0.0331. The van der Waals surface area contributed by atoms with Crippen LogP contribution in [0, 0.1) is 5.82 Å². The van der Waals surface area contributed by atoms with Crippen LogP contribution >= 0.6 is 15.9 Å². The van der Waals surface area contributed by atoms with E-state index in [1.54, 1.807) is 6.07 Å². The van der Waals surface area contributed by atoms with Crippen LogP contribution in [-0.4, -0.2) is 9.55 Å². The van der Waals surface area contributed by atoms with Gasteiger partial charge >= 0.3 is 5.69 Å². The molecule has 88 valence electrons. The minimum atomic E-state index is -0.525. The molecule has 0 radical (unpaired) electrons. The van der Waals surface area contributed by atoms with Crippen molar-refractivity contribution in [3.05, 3.63) is 67.2 Å². The summed E-state index contributed by atoms with van der Waals surface area (Å²) in [5.41, 5.74) is -0.420. The maximum absolute atomic E-state index is 13.0. The number of halogens is 2. The molecule has 0 aliphatic heterocycles. The van der Waals surface area contributed by atoms with Gasteiger partial charge in [-0.1, -0.05) is 12.1 Å². The zero-order valence-corrected chi connectivity index (χ0v) is 10.2. The van der Waals surface area contributed by atoms with Gasteiger partial charge in [0.15, 0.2) is 0 Å². The fraction of sp³-hybridized carbons (Fsp3) is 0.0909. The summed E-state index contributed by atoms with van der Waals surface area (Å²) in [6, 6.07) is 5.77. The van der Waals surface area contributed by atoms with Gasteiger partial charge in [-0.3, -0.25) is 9.36 Å². The van der Waals surface area contributed by atoms with Crippen molar-refractivity contribution >= 4 is 15.9 Å². The van der Waals surface area contributed by atoms with Crippen LogP contribution in [0.3, 0.4) is 0 Å². The number of aromatic amines is 1. The molecule has 0 unspecified atom stereocenters. The predicted octanol–water partition coefficient (Wildman–Crippen LogP) is 1.49. The van der Waals surface area contributed by atoms with E-state index in [2.05, 4.69) is 20.9 Å². The molecule has 1 aromatic heterocycles. The molecule has 4 nitrogen and oxygen atoms in total. The van der Waals surface area contributed by atoms with Crippen LogP contribution in [0.2, 0.25) is 0 Å². The lowest BCUT2D eigenvalue weighted by Crippen LogP contribution is -2.35. The second-order valence-corrected chi connectivity index (χ2v) is 4.32. The molecule has 1 N–H and O–H groups in total. The first kappa shape index (κ1) is 11.8. The first-order chi connectivity index (χ1) is 8.08. The highest BCUT2D eigenvalue weighted by Crippen LogP contribution is 2.04. The van der Waals surface area contributed by atoms with Crippen LogP contribution in [0.25, 0.3) is 0 Å². The van der Waals surface area contributed by atoms with Crippen molar-refractivity contribution in [1.82, 2.24) is 9.55 Å². The number of nitrogens with one attached hydrogen (secondary N) is 1. The average molecular weight is 299 g/mol. The van der Waals surface area contributed by atoms with E-state index in [1.807, 2.05) is 0 Å². The van der Waals surface area contributed by atoms with E-state index in [9.17, 15) is 14.0 Å².